The van der Waals surface area contributed by atoms with Crippen LogP contribution in [0.4, 0.5) is 4.79 Å². The van der Waals surface area contributed by atoms with Gasteiger partial charge in [0.15, 0.2) is 5.96 Å². The lowest BCUT2D eigenvalue weighted by molar-refractivity contribution is -0.171. The fourth-order valence-corrected chi connectivity index (χ4v) is 2.31. The third kappa shape index (κ3) is 8.08. The maximum absolute atomic E-state index is 12.7. The predicted molar refractivity (Wildman–Crippen MR) is 106 cm³/mol. The summed E-state index contributed by atoms with van der Waals surface area (Å²) in [6, 6.07) is 8.81. The van der Waals surface area contributed by atoms with E-state index in [9.17, 15) is 19.5 Å². The third-order valence-electron chi connectivity index (χ3n) is 3.64. The molecule has 0 unspecified atom stereocenters. The molecule has 0 saturated heterocycles. The number of ether oxygens (including phenoxy) is 2. The molecule has 1 aromatic rings. The smallest absolute Gasteiger partial charge is 0.408 e. The first kappa shape index (κ1) is 23.7. The zero-order valence-corrected chi connectivity index (χ0v) is 16.8. The first-order chi connectivity index (χ1) is 13.5. The van der Waals surface area contributed by atoms with Crippen LogP contribution in [-0.2, 0) is 25.7 Å². The van der Waals surface area contributed by atoms with Gasteiger partial charge in [0, 0.05) is 6.54 Å². The van der Waals surface area contributed by atoms with Crippen LogP contribution < -0.4 is 16.8 Å². The standard InChI is InChI=1S/C19H28N4O6/c1-18(2,3)29-15(26)19(14(24)25,10-7-11-22-16(20)21)23-17(27)28-12-13-8-5-4-6-9-13/h4-6,8-9H,7,10-12H2,1-3H3,(H,23,27)(H,24,25)(H4,20,21,22)/t19-/m1/s1. The van der Waals surface area contributed by atoms with Gasteiger partial charge in [0.05, 0.1) is 0 Å². The zero-order chi connectivity index (χ0) is 22.1. The minimum atomic E-state index is -2.35. The average Bonchev–Trinajstić information content (AvgIpc) is 2.61. The maximum Gasteiger partial charge on any atom is 0.408 e. The number of hydrogen-bond donors (Lipinski definition) is 4. The summed E-state index contributed by atoms with van der Waals surface area (Å²) in [5.74, 6) is -2.86. The van der Waals surface area contributed by atoms with Gasteiger partial charge >= 0.3 is 18.0 Å². The second kappa shape index (κ2) is 10.3. The number of aliphatic carboxylic acids is 1. The van der Waals surface area contributed by atoms with E-state index in [-0.39, 0.29) is 32.0 Å². The van der Waals surface area contributed by atoms with Crippen molar-refractivity contribution in [2.24, 2.45) is 16.5 Å². The van der Waals surface area contributed by atoms with E-state index in [4.69, 9.17) is 20.9 Å². The van der Waals surface area contributed by atoms with Crippen molar-refractivity contribution < 1.29 is 29.0 Å². The van der Waals surface area contributed by atoms with E-state index in [1.807, 2.05) is 0 Å². The molecule has 1 aromatic carbocycles. The molecule has 1 atom stereocenters. The molecular weight excluding hydrogens is 380 g/mol. The number of carbonyl (C=O) groups is 3. The maximum atomic E-state index is 12.7. The van der Waals surface area contributed by atoms with Crippen LogP contribution in [0.1, 0.15) is 39.2 Å². The lowest BCUT2D eigenvalue weighted by Crippen LogP contribution is -2.61. The molecule has 0 radical (unpaired) electrons. The number of carboxylic acid groups (broad SMARTS) is 1. The van der Waals surface area contributed by atoms with Crippen molar-refractivity contribution in [3.63, 3.8) is 0 Å². The fourth-order valence-electron chi connectivity index (χ4n) is 2.31. The molecule has 0 aromatic heterocycles. The van der Waals surface area contributed by atoms with E-state index >= 15 is 0 Å². The monoisotopic (exact) mass is 408 g/mol. The van der Waals surface area contributed by atoms with Gasteiger partial charge in [0.2, 0.25) is 5.54 Å². The van der Waals surface area contributed by atoms with Crippen LogP contribution in [0.3, 0.4) is 0 Å². The van der Waals surface area contributed by atoms with Gasteiger partial charge in [0.25, 0.3) is 0 Å². The number of aliphatic imine (C=N–C) groups is 1. The van der Waals surface area contributed by atoms with Crippen LogP contribution in [0.2, 0.25) is 0 Å². The summed E-state index contributed by atoms with van der Waals surface area (Å²) in [5, 5.41) is 11.9. The van der Waals surface area contributed by atoms with Crippen molar-refractivity contribution in [1.29, 1.82) is 0 Å². The fraction of sp³-hybridized carbons (Fsp3) is 0.474. The molecule has 6 N–H and O–H groups in total. The number of rotatable bonds is 9. The minimum Gasteiger partial charge on any atom is -0.479 e. The Bertz CT molecular complexity index is 741. The molecule has 0 aliphatic rings. The molecular formula is C19H28N4O6. The Morgan fingerprint density at radius 2 is 1.76 bits per heavy atom. The molecule has 1 amide bonds. The molecule has 0 heterocycles. The molecule has 0 aliphatic carbocycles. The second-order valence-electron chi connectivity index (χ2n) is 7.31. The van der Waals surface area contributed by atoms with Crippen LogP contribution in [0.25, 0.3) is 0 Å². The van der Waals surface area contributed by atoms with Crippen LogP contribution >= 0.6 is 0 Å². The summed E-state index contributed by atoms with van der Waals surface area (Å²) in [7, 11) is 0. The number of nitrogens with one attached hydrogen (secondary N) is 1. The number of amides is 1. The zero-order valence-electron chi connectivity index (χ0n) is 16.8. The molecule has 0 aliphatic heterocycles. The Morgan fingerprint density at radius 1 is 1.14 bits per heavy atom. The molecule has 10 nitrogen and oxygen atoms in total. The Balaban J connectivity index is 2.98. The van der Waals surface area contributed by atoms with Gasteiger partial charge in [-0.05, 0) is 39.2 Å². The lowest BCUT2D eigenvalue weighted by Gasteiger charge is -2.31. The van der Waals surface area contributed by atoms with Gasteiger partial charge in [-0.15, -0.1) is 0 Å². The molecule has 0 spiro atoms. The van der Waals surface area contributed by atoms with Crippen molar-refractivity contribution in [1.82, 2.24) is 5.32 Å². The van der Waals surface area contributed by atoms with Crippen LogP contribution in [0.5, 0.6) is 0 Å². The number of nitrogens with two attached hydrogens (primary N) is 2. The van der Waals surface area contributed by atoms with Crippen molar-refractivity contribution in [3.8, 4) is 0 Å². The van der Waals surface area contributed by atoms with Crippen LogP contribution in [0, 0.1) is 0 Å². The molecule has 29 heavy (non-hydrogen) atoms. The first-order valence-electron chi connectivity index (χ1n) is 8.97. The van der Waals surface area contributed by atoms with Crippen LogP contribution in [0.15, 0.2) is 35.3 Å². The van der Waals surface area contributed by atoms with E-state index in [1.54, 1.807) is 51.1 Å². The number of guanidine groups is 1. The number of nitrogens with zero attached hydrogens (tertiary/aromatic N) is 1. The highest BCUT2D eigenvalue weighted by molar-refractivity contribution is 6.06. The van der Waals surface area contributed by atoms with Gasteiger partial charge in [0.1, 0.15) is 12.2 Å². The van der Waals surface area contributed by atoms with Crippen molar-refractivity contribution in [3.05, 3.63) is 35.9 Å². The Morgan fingerprint density at radius 3 is 2.28 bits per heavy atom. The number of esters is 1. The summed E-state index contributed by atoms with van der Waals surface area (Å²) in [6.45, 7) is 4.74. The van der Waals surface area contributed by atoms with E-state index in [2.05, 4.69) is 10.3 Å². The first-order valence-corrected chi connectivity index (χ1v) is 8.97. The van der Waals surface area contributed by atoms with Gasteiger partial charge in [-0.25, -0.2) is 14.4 Å². The van der Waals surface area contributed by atoms with E-state index in [1.165, 1.54) is 0 Å². The van der Waals surface area contributed by atoms with Crippen molar-refractivity contribution in [2.45, 2.75) is 51.4 Å². The molecule has 0 bridgehead atoms. The number of hydrogen-bond acceptors (Lipinski definition) is 6. The molecule has 0 fully saturated rings. The minimum absolute atomic E-state index is 0.0703. The van der Waals surface area contributed by atoms with Crippen molar-refractivity contribution in [2.75, 3.05) is 6.54 Å². The predicted octanol–water partition coefficient (Wildman–Crippen LogP) is 1.13. The third-order valence-corrected chi connectivity index (χ3v) is 3.64. The number of benzene rings is 1. The quantitative estimate of drug-likeness (QED) is 0.155. The summed E-state index contributed by atoms with van der Waals surface area (Å²) in [5.41, 5.74) is 7.89. The molecule has 0 saturated carbocycles. The SMILES string of the molecule is CC(C)(C)OC(=O)[C@](CCCN=C(N)N)(NC(=O)OCc1ccccc1)C(=O)O. The van der Waals surface area contributed by atoms with Crippen LogP contribution in [-0.4, -0.2) is 46.8 Å². The number of alkyl carbamates (subject to hydrolysis) is 1. The summed E-state index contributed by atoms with van der Waals surface area (Å²) in [6.07, 6.45) is -1.26. The highest BCUT2D eigenvalue weighted by Crippen LogP contribution is 2.21. The van der Waals surface area contributed by atoms with Gasteiger partial charge in [-0.1, -0.05) is 30.3 Å². The van der Waals surface area contributed by atoms with E-state index in [0.717, 1.165) is 0 Å². The summed E-state index contributed by atoms with van der Waals surface area (Å²) >= 11 is 0. The molecule has 1 rings (SSSR count). The molecule has 10 heteroatoms. The molecule has 160 valence electrons. The highest BCUT2D eigenvalue weighted by atomic mass is 16.6. The average molecular weight is 408 g/mol. The highest BCUT2D eigenvalue weighted by Gasteiger charge is 2.50. The Hall–Kier alpha value is -3.30. The van der Waals surface area contributed by atoms with Crippen molar-refractivity contribution >= 4 is 24.0 Å². The summed E-state index contributed by atoms with van der Waals surface area (Å²) < 4.78 is 10.3. The normalized spacial score (nSPS) is 12.9. The van der Waals surface area contributed by atoms with E-state index in [0.29, 0.717) is 5.56 Å². The Kier molecular flexibility index (Phi) is 8.43. The summed E-state index contributed by atoms with van der Waals surface area (Å²) in [4.78, 5) is 40.8. The van der Waals surface area contributed by atoms with E-state index < -0.39 is 29.2 Å². The second-order valence-corrected chi connectivity index (χ2v) is 7.31. The largest absolute Gasteiger partial charge is 0.479 e. The van der Waals surface area contributed by atoms with Gasteiger partial charge in [-0.2, -0.15) is 0 Å². The Labute approximate surface area is 169 Å². The van der Waals surface area contributed by atoms with Gasteiger partial charge < -0.3 is 26.0 Å². The topological polar surface area (TPSA) is 166 Å². The lowest BCUT2D eigenvalue weighted by atomic mass is 9.93. The van der Waals surface area contributed by atoms with Gasteiger partial charge in [-0.3, -0.25) is 10.3 Å². The number of carboxylic acids is 1. The number of carbonyl (C=O) groups excluding carboxylic acids is 2.